The summed E-state index contributed by atoms with van der Waals surface area (Å²) in [6.45, 7) is 0. The highest BCUT2D eigenvalue weighted by Crippen LogP contribution is 2.44. The summed E-state index contributed by atoms with van der Waals surface area (Å²) in [5.74, 6) is 0.587. The fourth-order valence-corrected chi connectivity index (χ4v) is 4.94. The summed E-state index contributed by atoms with van der Waals surface area (Å²) in [6, 6.07) is 21.8. The Bertz CT molecular complexity index is 615. The fourth-order valence-electron chi connectivity index (χ4n) is 4.94. The molecule has 0 saturated carbocycles. The highest BCUT2D eigenvalue weighted by atomic mass is 16.3. The number of fused-ring (bicyclic) bond motifs is 2. The van der Waals surface area contributed by atoms with Crippen LogP contribution in [0.2, 0.25) is 0 Å². The third kappa shape index (κ3) is 2.78. The van der Waals surface area contributed by atoms with Gasteiger partial charge in [-0.3, -0.25) is 0 Å². The van der Waals surface area contributed by atoms with Crippen LogP contribution < -0.4 is 0 Å². The Kier molecular flexibility index (Phi) is 4.19. The van der Waals surface area contributed by atoms with E-state index in [0.717, 1.165) is 17.5 Å². The van der Waals surface area contributed by atoms with E-state index in [4.69, 9.17) is 0 Å². The summed E-state index contributed by atoms with van der Waals surface area (Å²) >= 11 is 0. The lowest BCUT2D eigenvalue weighted by molar-refractivity contribution is 0.0268. The van der Waals surface area contributed by atoms with Crippen LogP contribution in [0.3, 0.4) is 0 Å². The molecule has 3 atom stereocenters. The van der Waals surface area contributed by atoms with Gasteiger partial charge in [-0.25, -0.2) is 0 Å². The Morgan fingerprint density at radius 1 is 0.875 bits per heavy atom. The monoisotopic (exact) mass is 321 g/mol. The van der Waals surface area contributed by atoms with E-state index in [1.54, 1.807) is 0 Å². The lowest BCUT2D eigenvalue weighted by Gasteiger charge is -2.40. The molecule has 2 saturated heterocycles. The van der Waals surface area contributed by atoms with Gasteiger partial charge in [0.1, 0.15) is 5.60 Å². The zero-order valence-corrected chi connectivity index (χ0v) is 14.4. The molecule has 2 aliphatic heterocycles. The fraction of sp³-hybridized carbons (Fsp3) is 0.455. The first-order chi connectivity index (χ1) is 11.7. The lowest BCUT2D eigenvalue weighted by Crippen LogP contribution is -2.42. The van der Waals surface area contributed by atoms with Crippen LogP contribution in [0.25, 0.3) is 0 Å². The lowest BCUT2D eigenvalue weighted by atomic mass is 9.75. The molecular weight excluding hydrogens is 294 g/mol. The summed E-state index contributed by atoms with van der Waals surface area (Å²) in [5.41, 5.74) is 1.15. The maximum Gasteiger partial charge on any atom is 0.115 e. The van der Waals surface area contributed by atoms with Crippen molar-refractivity contribution in [3.8, 4) is 0 Å². The van der Waals surface area contributed by atoms with Gasteiger partial charge in [0.05, 0.1) is 0 Å². The maximum absolute atomic E-state index is 11.8. The molecule has 4 rings (SSSR count). The van der Waals surface area contributed by atoms with E-state index < -0.39 is 5.60 Å². The van der Waals surface area contributed by atoms with E-state index in [1.165, 1.54) is 25.7 Å². The molecule has 2 heterocycles. The number of nitrogens with zero attached hydrogens (tertiary/aromatic N) is 1. The predicted octanol–water partition coefficient (Wildman–Crippen LogP) is 4.19. The molecule has 2 aromatic carbocycles. The molecule has 0 radical (unpaired) electrons. The number of aliphatic hydroxyl groups is 1. The van der Waals surface area contributed by atoms with Crippen LogP contribution in [0.1, 0.15) is 43.2 Å². The summed E-state index contributed by atoms with van der Waals surface area (Å²) in [6.07, 6.45) is 5.91. The van der Waals surface area contributed by atoms with Crippen molar-refractivity contribution in [2.24, 2.45) is 5.92 Å². The van der Waals surface area contributed by atoms with Gasteiger partial charge in [0.15, 0.2) is 0 Å². The molecule has 0 aliphatic carbocycles. The molecule has 0 amide bonds. The van der Waals surface area contributed by atoms with Gasteiger partial charge < -0.3 is 10.0 Å². The van der Waals surface area contributed by atoms with E-state index in [9.17, 15) is 5.11 Å². The molecule has 2 aliphatic rings. The van der Waals surface area contributed by atoms with Crippen molar-refractivity contribution in [1.29, 1.82) is 0 Å². The molecule has 2 nitrogen and oxygen atoms in total. The standard InChI is InChI=1S/C22H27NO/c1-23-20-12-13-21(23)15-17(14-20)16-22(24,18-8-4-2-5-9-18)19-10-6-3-7-11-19/h2-11,17,20-21,24H,12-16H2,1H3/t17-,20+,21-. The van der Waals surface area contributed by atoms with E-state index in [2.05, 4.69) is 36.2 Å². The van der Waals surface area contributed by atoms with Gasteiger partial charge >= 0.3 is 0 Å². The van der Waals surface area contributed by atoms with Crippen LogP contribution in [0.15, 0.2) is 60.7 Å². The highest BCUT2D eigenvalue weighted by molar-refractivity contribution is 5.36. The topological polar surface area (TPSA) is 23.5 Å². The second kappa shape index (κ2) is 6.34. The molecule has 2 aromatic rings. The van der Waals surface area contributed by atoms with Crippen molar-refractivity contribution in [3.05, 3.63) is 71.8 Å². The predicted molar refractivity (Wildman–Crippen MR) is 97.8 cm³/mol. The first-order valence-electron chi connectivity index (χ1n) is 9.22. The van der Waals surface area contributed by atoms with E-state index in [-0.39, 0.29) is 0 Å². The SMILES string of the molecule is CN1[C@@H]2CC[C@H]1C[C@@H](CC(O)(c1ccccc1)c1ccccc1)C2. The van der Waals surface area contributed by atoms with Crippen molar-refractivity contribution < 1.29 is 5.11 Å². The Morgan fingerprint density at radius 3 is 1.79 bits per heavy atom. The Morgan fingerprint density at radius 2 is 1.33 bits per heavy atom. The number of hydrogen-bond acceptors (Lipinski definition) is 2. The smallest absolute Gasteiger partial charge is 0.115 e. The van der Waals surface area contributed by atoms with E-state index in [1.807, 2.05) is 36.4 Å². The average Bonchev–Trinajstić information content (AvgIpc) is 2.84. The quantitative estimate of drug-likeness (QED) is 0.913. The first-order valence-corrected chi connectivity index (χ1v) is 9.22. The zero-order chi connectivity index (χ0) is 16.6. The van der Waals surface area contributed by atoms with Crippen molar-refractivity contribution in [1.82, 2.24) is 4.90 Å². The second-order valence-corrected chi connectivity index (χ2v) is 7.68. The van der Waals surface area contributed by atoms with Gasteiger partial charge in [-0.05, 0) is 56.2 Å². The molecule has 2 fully saturated rings. The third-order valence-corrected chi connectivity index (χ3v) is 6.28. The van der Waals surface area contributed by atoms with Gasteiger partial charge in [0.25, 0.3) is 0 Å². The van der Waals surface area contributed by atoms with Crippen LogP contribution in [-0.4, -0.2) is 29.1 Å². The number of rotatable bonds is 4. The molecule has 2 bridgehead atoms. The van der Waals surface area contributed by atoms with Gasteiger partial charge in [0.2, 0.25) is 0 Å². The number of hydrogen-bond donors (Lipinski definition) is 1. The normalized spacial score (nSPS) is 27.3. The molecule has 2 heteroatoms. The first kappa shape index (κ1) is 15.9. The van der Waals surface area contributed by atoms with Crippen LogP contribution in [0, 0.1) is 5.92 Å². The molecule has 0 unspecified atom stereocenters. The summed E-state index contributed by atoms with van der Waals surface area (Å²) in [4.78, 5) is 2.57. The highest BCUT2D eigenvalue weighted by Gasteiger charge is 2.42. The van der Waals surface area contributed by atoms with Crippen molar-refractivity contribution in [2.75, 3.05) is 7.05 Å². The van der Waals surface area contributed by atoms with Gasteiger partial charge in [0, 0.05) is 12.1 Å². The van der Waals surface area contributed by atoms with Crippen LogP contribution in [0.5, 0.6) is 0 Å². The summed E-state index contributed by atoms with van der Waals surface area (Å²) < 4.78 is 0. The van der Waals surface area contributed by atoms with Crippen molar-refractivity contribution in [3.63, 3.8) is 0 Å². The van der Waals surface area contributed by atoms with Crippen molar-refractivity contribution in [2.45, 2.75) is 49.8 Å². The van der Waals surface area contributed by atoms with Gasteiger partial charge in [-0.15, -0.1) is 0 Å². The Hall–Kier alpha value is -1.64. The Balaban J connectivity index is 1.65. The Labute approximate surface area is 145 Å². The van der Waals surface area contributed by atoms with Gasteiger partial charge in [-0.1, -0.05) is 60.7 Å². The number of benzene rings is 2. The average molecular weight is 321 g/mol. The molecular formula is C22H27NO. The minimum absolute atomic E-state index is 0.587. The number of piperidine rings is 1. The third-order valence-electron chi connectivity index (χ3n) is 6.28. The van der Waals surface area contributed by atoms with E-state index >= 15 is 0 Å². The molecule has 24 heavy (non-hydrogen) atoms. The molecule has 126 valence electrons. The molecule has 0 aromatic heterocycles. The van der Waals surface area contributed by atoms with Crippen LogP contribution >= 0.6 is 0 Å². The minimum Gasteiger partial charge on any atom is -0.380 e. The van der Waals surface area contributed by atoms with Crippen LogP contribution in [-0.2, 0) is 5.60 Å². The second-order valence-electron chi connectivity index (χ2n) is 7.68. The maximum atomic E-state index is 11.8. The van der Waals surface area contributed by atoms with Crippen LogP contribution in [0.4, 0.5) is 0 Å². The zero-order valence-electron chi connectivity index (χ0n) is 14.4. The summed E-state index contributed by atoms with van der Waals surface area (Å²) in [7, 11) is 2.28. The largest absolute Gasteiger partial charge is 0.380 e. The summed E-state index contributed by atoms with van der Waals surface area (Å²) in [5, 5.41) is 11.8. The van der Waals surface area contributed by atoms with Gasteiger partial charge in [-0.2, -0.15) is 0 Å². The molecule has 0 spiro atoms. The van der Waals surface area contributed by atoms with E-state index in [0.29, 0.717) is 18.0 Å². The van der Waals surface area contributed by atoms with Crippen molar-refractivity contribution >= 4 is 0 Å². The molecule has 1 N–H and O–H groups in total. The minimum atomic E-state index is -0.886.